The molecule has 0 bridgehead atoms. The number of rotatable bonds is 7. The highest BCUT2D eigenvalue weighted by atomic mass is 35.5. The number of halogens is 1. The van der Waals surface area contributed by atoms with Crippen LogP contribution in [0.25, 0.3) is 0 Å². The summed E-state index contributed by atoms with van der Waals surface area (Å²) in [6.07, 6.45) is 0.0771. The predicted molar refractivity (Wildman–Crippen MR) is 127 cm³/mol. The summed E-state index contributed by atoms with van der Waals surface area (Å²) in [6, 6.07) is 13.3. The Kier molecular flexibility index (Phi) is 7.17. The van der Waals surface area contributed by atoms with Crippen molar-refractivity contribution in [3.05, 3.63) is 53.1 Å². The maximum atomic E-state index is 12.3. The first-order chi connectivity index (χ1) is 15.5. The lowest BCUT2D eigenvalue weighted by atomic mass is 10.1. The summed E-state index contributed by atoms with van der Waals surface area (Å²) < 4.78 is 5.68. The van der Waals surface area contributed by atoms with Crippen LogP contribution in [0.2, 0.25) is 5.02 Å². The Morgan fingerprint density at radius 2 is 1.97 bits per heavy atom. The first-order valence-corrected chi connectivity index (χ1v) is 11.4. The smallest absolute Gasteiger partial charge is 0.266 e. The van der Waals surface area contributed by atoms with Gasteiger partial charge in [-0.15, -0.1) is 0 Å². The number of hydrogen-bond donors (Lipinski definition) is 2. The quantitative estimate of drug-likeness (QED) is 0.626. The molecule has 32 heavy (non-hydrogen) atoms. The lowest BCUT2D eigenvalue weighted by molar-refractivity contribution is -0.130. The Morgan fingerprint density at radius 1 is 1.19 bits per heavy atom. The Morgan fingerprint density at radius 3 is 2.78 bits per heavy atom. The van der Waals surface area contributed by atoms with E-state index in [1.807, 2.05) is 24.3 Å². The summed E-state index contributed by atoms with van der Waals surface area (Å²) in [7, 11) is 0. The molecule has 0 aliphatic carbocycles. The van der Waals surface area contributed by atoms with Gasteiger partial charge in [-0.05, 0) is 49.7 Å². The number of hydrogen-bond acceptors (Lipinski definition) is 5. The van der Waals surface area contributed by atoms with E-state index in [9.17, 15) is 9.59 Å². The van der Waals surface area contributed by atoms with Crippen LogP contribution in [0.5, 0.6) is 5.75 Å². The largest absolute Gasteiger partial charge is 0.478 e. The molecule has 2 aromatic rings. The molecule has 8 heteroatoms. The average molecular weight is 457 g/mol. The van der Waals surface area contributed by atoms with Gasteiger partial charge in [0, 0.05) is 43.4 Å². The van der Waals surface area contributed by atoms with Crippen LogP contribution >= 0.6 is 11.6 Å². The lowest BCUT2D eigenvalue weighted by Gasteiger charge is -2.37. The van der Waals surface area contributed by atoms with E-state index in [0.717, 1.165) is 44.2 Å². The standard InChI is InChI=1S/C24H29ClN4O3/c1-17-7-8-18(25)15-20(17)29-13-11-28(12-14-29)10-4-9-26-23(30)16-22-24(31)27-19-5-2-3-6-21(19)32-22/h2-3,5-8,15,22H,4,9-14,16H2,1H3,(H,26,30)(H,27,31)/t22-/m1/s1. The van der Waals surface area contributed by atoms with Crippen molar-refractivity contribution in [2.75, 3.05) is 49.5 Å². The van der Waals surface area contributed by atoms with Crippen molar-refractivity contribution in [1.82, 2.24) is 10.2 Å². The molecule has 1 atom stereocenters. The molecule has 4 rings (SSSR count). The van der Waals surface area contributed by atoms with E-state index < -0.39 is 6.10 Å². The van der Waals surface area contributed by atoms with E-state index in [1.54, 1.807) is 12.1 Å². The minimum atomic E-state index is -0.798. The van der Waals surface area contributed by atoms with Gasteiger partial charge in [0.25, 0.3) is 5.91 Å². The van der Waals surface area contributed by atoms with Crippen LogP contribution in [0.3, 0.4) is 0 Å². The van der Waals surface area contributed by atoms with E-state index in [0.29, 0.717) is 18.0 Å². The SMILES string of the molecule is Cc1ccc(Cl)cc1N1CCN(CCCNC(=O)C[C@H]2Oc3ccccc3NC2=O)CC1. The molecular weight excluding hydrogens is 428 g/mol. The Labute approximate surface area is 193 Å². The predicted octanol–water partition coefficient (Wildman–Crippen LogP) is 3.07. The fourth-order valence-corrected chi connectivity index (χ4v) is 4.30. The highest BCUT2D eigenvalue weighted by molar-refractivity contribution is 6.30. The number of nitrogens with one attached hydrogen (secondary N) is 2. The number of ether oxygens (including phenoxy) is 1. The van der Waals surface area contributed by atoms with Gasteiger partial charge in [0.05, 0.1) is 12.1 Å². The van der Waals surface area contributed by atoms with Crippen molar-refractivity contribution >= 4 is 34.8 Å². The number of anilines is 2. The van der Waals surface area contributed by atoms with Crippen molar-refractivity contribution in [2.45, 2.75) is 25.9 Å². The van der Waals surface area contributed by atoms with Gasteiger partial charge in [0.1, 0.15) is 5.75 Å². The summed E-state index contributed by atoms with van der Waals surface area (Å²) in [5.41, 5.74) is 3.09. The summed E-state index contributed by atoms with van der Waals surface area (Å²) >= 11 is 6.17. The van der Waals surface area contributed by atoms with Crippen molar-refractivity contribution in [3.63, 3.8) is 0 Å². The maximum Gasteiger partial charge on any atom is 0.266 e. The highest BCUT2D eigenvalue weighted by Crippen LogP contribution is 2.29. The van der Waals surface area contributed by atoms with Crippen LogP contribution in [0.15, 0.2) is 42.5 Å². The van der Waals surface area contributed by atoms with Crippen molar-refractivity contribution in [3.8, 4) is 5.75 Å². The van der Waals surface area contributed by atoms with Gasteiger partial charge in [-0.3, -0.25) is 14.5 Å². The van der Waals surface area contributed by atoms with E-state index >= 15 is 0 Å². The first kappa shape index (κ1) is 22.4. The molecule has 7 nitrogen and oxygen atoms in total. The molecule has 0 aromatic heterocycles. The average Bonchev–Trinajstić information content (AvgIpc) is 2.79. The van der Waals surface area contributed by atoms with Gasteiger partial charge in [-0.25, -0.2) is 0 Å². The van der Waals surface area contributed by atoms with Crippen LogP contribution in [-0.4, -0.2) is 62.1 Å². The first-order valence-electron chi connectivity index (χ1n) is 11.1. The summed E-state index contributed by atoms with van der Waals surface area (Å²) in [5, 5.41) is 6.46. The zero-order chi connectivity index (χ0) is 22.5. The monoisotopic (exact) mass is 456 g/mol. The molecular formula is C24H29ClN4O3. The molecule has 1 saturated heterocycles. The minimum absolute atomic E-state index is 0.0117. The maximum absolute atomic E-state index is 12.3. The number of para-hydroxylation sites is 2. The molecule has 170 valence electrons. The number of benzene rings is 2. The highest BCUT2D eigenvalue weighted by Gasteiger charge is 2.29. The second-order valence-corrected chi connectivity index (χ2v) is 8.70. The van der Waals surface area contributed by atoms with Crippen LogP contribution in [0.1, 0.15) is 18.4 Å². The lowest BCUT2D eigenvalue weighted by Crippen LogP contribution is -2.47. The van der Waals surface area contributed by atoms with Crippen molar-refractivity contribution < 1.29 is 14.3 Å². The molecule has 2 amide bonds. The number of carbonyl (C=O) groups is 2. The fraction of sp³-hybridized carbons (Fsp3) is 0.417. The van der Waals surface area contributed by atoms with Crippen LogP contribution in [0, 0.1) is 6.92 Å². The zero-order valence-electron chi connectivity index (χ0n) is 18.3. The van der Waals surface area contributed by atoms with Crippen LogP contribution < -0.4 is 20.3 Å². The van der Waals surface area contributed by atoms with E-state index in [4.69, 9.17) is 16.3 Å². The van der Waals surface area contributed by atoms with Gasteiger partial charge in [-0.1, -0.05) is 29.8 Å². The topological polar surface area (TPSA) is 73.9 Å². The molecule has 0 radical (unpaired) electrons. The number of aryl methyl sites for hydroxylation is 1. The number of amides is 2. The Hall–Kier alpha value is -2.77. The van der Waals surface area contributed by atoms with Gasteiger partial charge in [-0.2, -0.15) is 0 Å². The van der Waals surface area contributed by atoms with Crippen molar-refractivity contribution in [2.24, 2.45) is 0 Å². The number of fused-ring (bicyclic) bond motifs is 1. The van der Waals surface area contributed by atoms with Gasteiger partial charge < -0.3 is 20.3 Å². The second kappa shape index (κ2) is 10.2. The van der Waals surface area contributed by atoms with E-state index in [-0.39, 0.29) is 18.2 Å². The molecule has 0 spiro atoms. The van der Waals surface area contributed by atoms with Crippen LogP contribution in [-0.2, 0) is 9.59 Å². The number of nitrogens with zero attached hydrogens (tertiary/aromatic N) is 2. The van der Waals surface area contributed by atoms with Gasteiger partial charge in [0.2, 0.25) is 5.91 Å². The summed E-state index contributed by atoms with van der Waals surface area (Å²) in [6.45, 7) is 7.51. The molecule has 1 fully saturated rings. The zero-order valence-corrected chi connectivity index (χ0v) is 19.0. The Bertz CT molecular complexity index is 975. The van der Waals surface area contributed by atoms with Crippen LogP contribution in [0.4, 0.5) is 11.4 Å². The molecule has 2 N–H and O–H groups in total. The molecule has 0 saturated carbocycles. The van der Waals surface area contributed by atoms with Crippen molar-refractivity contribution in [1.29, 1.82) is 0 Å². The van der Waals surface area contributed by atoms with Gasteiger partial charge in [0.15, 0.2) is 6.10 Å². The molecule has 2 aliphatic heterocycles. The third-order valence-electron chi connectivity index (χ3n) is 5.93. The number of piperazine rings is 1. The minimum Gasteiger partial charge on any atom is -0.478 e. The normalized spacial score (nSPS) is 18.5. The molecule has 2 aromatic carbocycles. The number of carbonyl (C=O) groups excluding carboxylic acids is 2. The molecule has 2 heterocycles. The van der Waals surface area contributed by atoms with E-state index in [2.05, 4.69) is 33.4 Å². The third-order valence-corrected chi connectivity index (χ3v) is 6.17. The molecule has 0 unspecified atom stereocenters. The van der Waals surface area contributed by atoms with E-state index in [1.165, 1.54) is 11.3 Å². The fourth-order valence-electron chi connectivity index (χ4n) is 4.13. The summed E-state index contributed by atoms with van der Waals surface area (Å²) in [4.78, 5) is 29.2. The van der Waals surface area contributed by atoms with Gasteiger partial charge >= 0.3 is 0 Å². The second-order valence-electron chi connectivity index (χ2n) is 8.26. The molecule has 2 aliphatic rings. The third kappa shape index (κ3) is 5.53. The Balaban J connectivity index is 1.14. The summed E-state index contributed by atoms with van der Waals surface area (Å²) in [5.74, 6) is 0.134.